The van der Waals surface area contributed by atoms with Crippen LogP contribution in [-0.4, -0.2) is 25.4 Å². The van der Waals surface area contributed by atoms with E-state index in [4.69, 9.17) is 16.9 Å². The summed E-state index contributed by atoms with van der Waals surface area (Å²) < 4.78 is 23.7. The van der Waals surface area contributed by atoms with Gasteiger partial charge in [0.15, 0.2) is 9.84 Å². The van der Waals surface area contributed by atoms with Crippen molar-refractivity contribution >= 4 is 32.8 Å². The van der Waals surface area contributed by atoms with E-state index in [1.54, 1.807) is 6.07 Å². The maximum absolute atomic E-state index is 11.6. The quantitative estimate of drug-likeness (QED) is 0.894. The molecule has 0 bridgehead atoms. The molecule has 1 N–H and O–H groups in total. The third-order valence-electron chi connectivity index (χ3n) is 1.59. The molecule has 1 heterocycles. The minimum Gasteiger partial charge on any atom is -0.391 e. The van der Waals surface area contributed by atoms with Gasteiger partial charge in [0.25, 0.3) is 0 Å². The molecule has 4 nitrogen and oxygen atoms in total. The third-order valence-corrected chi connectivity index (χ3v) is 5.20. The molecule has 0 aliphatic carbocycles. The molecule has 0 amide bonds. The summed E-state index contributed by atoms with van der Waals surface area (Å²) in [6.45, 7) is 0. The third kappa shape index (κ3) is 3.47. The Morgan fingerprint density at radius 2 is 2.27 bits per heavy atom. The van der Waals surface area contributed by atoms with Gasteiger partial charge >= 0.3 is 0 Å². The number of nitriles is 1. The van der Waals surface area contributed by atoms with Crippen LogP contribution >= 0.6 is 22.9 Å². The topological polar surface area (TPSA) is 78.2 Å². The van der Waals surface area contributed by atoms with Crippen LogP contribution in [0.15, 0.2) is 16.3 Å². The van der Waals surface area contributed by atoms with Gasteiger partial charge in [0, 0.05) is 0 Å². The first-order valence-corrected chi connectivity index (χ1v) is 6.83. The van der Waals surface area contributed by atoms with E-state index >= 15 is 0 Å². The first-order valence-electron chi connectivity index (χ1n) is 3.99. The standard InChI is InChI=1S/C8H8ClNO3S2/c9-7-1-2-8(14-7)15(12,13)5-6(11)3-4-10/h1-2,6,11H,3,5H2. The Morgan fingerprint density at radius 1 is 1.60 bits per heavy atom. The van der Waals surface area contributed by atoms with Crippen LogP contribution in [0.2, 0.25) is 4.34 Å². The Bertz CT molecular complexity index is 474. The van der Waals surface area contributed by atoms with Crippen molar-refractivity contribution in [3.05, 3.63) is 16.5 Å². The van der Waals surface area contributed by atoms with Gasteiger partial charge in [0.05, 0.1) is 28.7 Å². The highest BCUT2D eigenvalue weighted by molar-refractivity contribution is 7.93. The number of hydrogen-bond acceptors (Lipinski definition) is 5. The zero-order valence-electron chi connectivity index (χ0n) is 7.55. The minimum absolute atomic E-state index is 0.115. The average Bonchev–Trinajstić information content (AvgIpc) is 2.51. The largest absolute Gasteiger partial charge is 0.391 e. The van der Waals surface area contributed by atoms with Gasteiger partial charge in [-0.2, -0.15) is 5.26 Å². The van der Waals surface area contributed by atoms with Gasteiger partial charge in [0.2, 0.25) is 0 Å². The summed E-state index contributed by atoms with van der Waals surface area (Å²) in [4.78, 5) is 0. The number of sulfone groups is 1. The van der Waals surface area contributed by atoms with Crippen molar-refractivity contribution in [3.8, 4) is 6.07 Å². The second-order valence-electron chi connectivity index (χ2n) is 2.86. The van der Waals surface area contributed by atoms with Gasteiger partial charge in [0.1, 0.15) is 4.21 Å². The summed E-state index contributed by atoms with van der Waals surface area (Å²) in [6.07, 6.45) is -1.35. The fourth-order valence-corrected chi connectivity index (χ4v) is 3.92. The lowest BCUT2D eigenvalue weighted by Gasteiger charge is -2.05. The van der Waals surface area contributed by atoms with Gasteiger partial charge in [-0.1, -0.05) is 11.6 Å². The van der Waals surface area contributed by atoms with E-state index < -0.39 is 21.7 Å². The Kier molecular flexibility index (Phi) is 4.11. The van der Waals surface area contributed by atoms with Crippen LogP contribution in [0, 0.1) is 11.3 Å². The Balaban J connectivity index is 2.81. The van der Waals surface area contributed by atoms with Crippen LogP contribution in [0.1, 0.15) is 6.42 Å². The molecule has 0 spiro atoms. The van der Waals surface area contributed by atoms with Crippen LogP contribution in [0.3, 0.4) is 0 Å². The highest BCUT2D eigenvalue weighted by Crippen LogP contribution is 2.26. The van der Waals surface area contributed by atoms with Crippen molar-refractivity contribution in [2.45, 2.75) is 16.7 Å². The molecule has 15 heavy (non-hydrogen) atoms. The van der Waals surface area contributed by atoms with Crippen molar-refractivity contribution < 1.29 is 13.5 Å². The minimum atomic E-state index is -3.53. The molecule has 1 aromatic rings. The van der Waals surface area contributed by atoms with Crippen molar-refractivity contribution in [2.24, 2.45) is 0 Å². The zero-order chi connectivity index (χ0) is 11.5. The molecule has 0 aromatic carbocycles. The van der Waals surface area contributed by atoms with Gasteiger partial charge in [-0.05, 0) is 12.1 Å². The molecule has 1 rings (SSSR count). The fraction of sp³-hybridized carbons (Fsp3) is 0.375. The predicted octanol–water partition coefficient (Wildman–Crippen LogP) is 1.45. The SMILES string of the molecule is N#CCC(O)CS(=O)(=O)c1ccc(Cl)s1. The highest BCUT2D eigenvalue weighted by atomic mass is 35.5. The molecule has 0 saturated carbocycles. The van der Waals surface area contributed by atoms with E-state index in [1.165, 1.54) is 12.1 Å². The van der Waals surface area contributed by atoms with E-state index in [-0.39, 0.29) is 10.6 Å². The highest BCUT2D eigenvalue weighted by Gasteiger charge is 2.21. The molecular formula is C8H8ClNO3S2. The second-order valence-corrected chi connectivity index (χ2v) is 6.83. The van der Waals surface area contributed by atoms with Crippen LogP contribution in [0.25, 0.3) is 0 Å². The van der Waals surface area contributed by atoms with Crippen molar-refractivity contribution in [3.63, 3.8) is 0 Å². The van der Waals surface area contributed by atoms with Crippen molar-refractivity contribution in [2.75, 3.05) is 5.75 Å². The predicted molar refractivity (Wildman–Crippen MR) is 57.6 cm³/mol. The first-order chi connectivity index (χ1) is 6.95. The summed E-state index contributed by atoms with van der Waals surface area (Å²) in [5, 5.41) is 17.5. The van der Waals surface area contributed by atoms with Gasteiger partial charge in [-0.25, -0.2) is 8.42 Å². The van der Waals surface area contributed by atoms with Crippen LogP contribution < -0.4 is 0 Å². The molecule has 82 valence electrons. The normalized spacial score (nSPS) is 13.4. The summed E-state index contributed by atoms with van der Waals surface area (Å²) >= 11 is 6.54. The maximum Gasteiger partial charge on any atom is 0.190 e. The Morgan fingerprint density at radius 3 is 2.73 bits per heavy atom. The van der Waals surface area contributed by atoms with Crippen LogP contribution in [0.5, 0.6) is 0 Å². The summed E-state index contributed by atoms with van der Waals surface area (Å²) in [5.74, 6) is -0.447. The lowest BCUT2D eigenvalue weighted by molar-refractivity contribution is 0.202. The molecule has 0 saturated heterocycles. The van der Waals surface area contributed by atoms with Gasteiger partial charge in [-0.15, -0.1) is 11.3 Å². The molecular weight excluding hydrogens is 258 g/mol. The van der Waals surface area contributed by atoms with Gasteiger partial charge in [-0.3, -0.25) is 0 Å². The summed E-state index contributed by atoms with van der Waals surface area (Å²) in [7, 11) is -3.53. The molecule has 1 unspecified atom stereocenters. The van der Waals surface area contributed by atoms with E-state index in [9.17, 15) is 13.5 Å². The van der Waals surface area contributed by atoms with E-state index in [0.717, 1.165) is 11.3 Å². The number of rotatable bonds is 4. The smallest absolute Gasteiger partial charge is 0.190 e. The zero-order valence-corrected chi connectivity index (χ0v) is 9.94. The first kappa shape index (κ1) is 12.5. The number of hydrogen-bond donors (Lipinski definition) is 1. The second kappa shape index (κ2) is 4.94. The van der Waals surface area contributed by atoms with Crippen molar-refractivity contribution in [1.82, 2.24) is 0 Å². The number of aliphatic hydroxyl groups excluding tert-OH is 1. The summed E-state index contributed by atoms with van der Waals surface area (Å²) in [6, 6.07) is 4.58. The molecule has 0 fully saturated rings. The Labute approximate surface area is 96.6 Å². The number of nitrogens with zero attached hydrogens (tertiary/aromatic N) is 1. The van der Waals surface area contributed by atoms with Crippen LogP contribution in [0.4, 0.5) is 0 Å². The van der Waals surface area contributed by atoms with Crippen LogP contribution in [-0.2, 0) is 9.84 Å². The van der Waals surface area contributed by atoms with E-state index in [1.807, 2.05) is 0 Å². The lowest BCUT2D eigenvalue weighted by Crippen LogP contribution is -2.19. The molecule has 7 heteroatoms. The fourth-order valence-electron chi connectivity index (χ4n) is 0.965. The van der Waals surface area contributed by atoms with Gasteiger partial charge < -0.3 is 5.11 Å². The number of halogens is 1. The van der Waals surface area contributed by atoms with E-state index in [0.29, 0.717) is 4.34 Å². The average molecular weight is 266 g/mol. The molecule has 0 aliphatic rings. The monoisotopic (exact) mass is 265 g/mol. The lowest BCUT2D eigenvalue weighted by atomic mass is 10.3. The summed E-state index contributed by atoms with van der Waals surface area (Å²) in [5.41, 5.74) is 0. The molecule has 1 aromatic heterocycles. The molecule has 1 atom stereocenters. The number of aliphatic hydroxyl groups is 1. The number of thiophene rings is 1. The Hall–Kier alpha value is -0.610. The maximum atomic E-state index is 11.6. The molecule has 0 radical (unpaired) electrons. The van der Waals surface area contributed by atoms with Crippen molar-refractivity contribution in [1.29, 1.82) is 5.26 Å². The van der Waals surface area contributed by atoms with E-state index in [2.05, 4.69) is 0 Å². The molecule has 0 aliphatic heterocycles.